The number of nitrogens with zero attached hydrogens (tertiary/aromatic N) is 2. The molecule has 0 spiro atoms. The normalized spacial score (nSPS) is 11.1. The topological polar surface area (TPSA) is 49.8 Å². The van der Waals surface area contributed by atoms with E-state index >= 15 is 0 Å². The van der Waals surface area contributed by atoms with Crippen molar-refractivity contribution in [3.63, 3.8) is 0 Å². The molecule has 0 aromatic carbocycles. The summed E-state index contributed by atoms with van der Waals surface area (Å²) in [7, 11) is 1.89. The maximum atomic E-state index is 4.55. The Morgan fingerprint density at radius 1 is 1.05 bits per heavy atom. The van der Waals surface area contributed by atoms with Gasteiger partial charge in [-0.05, 0) is 12.3 Å². The maximum absolute atomic E-state index is 4.55. The summed E-state index contributed by atoms with van der Waals surface area (Å²) in [6.07, 6.45) is 3.75. The molecular weight excluding hydrogens is 236 g/mol. The lowest BCUT2D eigenvalue weighted by Gasteiger charge is -2.11. The van der Waals surface area contributed by atoms with Gasteiger partial charge in [-0.25, -0.2) is 9.97 Å². The van der Waals surface area contributed by atoms with Crippen LogP contribution in [0.3, 0.4) is 0 Å². The average Bonchev–Trinajstić information content (AvgIpc) is 2.37. The van der Waals surface area contributed by atoms with Crippen molar-refractivity contribution in [3.8, 4) is 0 Å². The highest BCUT2D eigenvalue weighted by Gasteiger charge is 2.07. The van der Waals surface area contributed by atoms with E-state index in [1.54, 1.807) is 0 Å². The summed E-state index contributed by atoms with van der Waals surface area (Å²) >= 11 is 0. The highest BCUT2D eigenvalue weighted by molar-refractivity contribution is 5.47. The first-order chi connectivity index (χ1) is 9.02. The van der Waals surface area contributed by atoms with Crippen molar-refractivity contribution >= 4 is 11.6 Å². The zero-order valence-electron chi connectivity index (χ0n) is 13.0. The lowest BCUT2D eigenvalue weighted by molar-refractivity contribution is 0.544. The minimum atomic E-state index is 0.342. The fraction of sp³-hybridized carbons (Fsp3) is 0.733. The van der Waals surface area contributed by atoms with Crippen LogP contribution < -0.4 is 10.6 Å². The van der Waals surface area contributed by atoms with E-state index in [1.165, 1.54) is 19.3 Å². The Hall–Kier alpha value is -1.32. The minimum Gasteiger partial charge on any atom is -0.373 e. The summed E-state index contributed by atoms with van der Waals surface area (Å²) < 4.78 is 0. The molecule has 0 aliphatic rings. The third-order valence-corrected chi connectivity index (χ3v) is 3.03. The van der Waals surface area contributed by atoms with Crippen molar-refractivity contribution in [1.29, 1.82) is 0 Å². The van der Waals surface area contributed by atoms with Gasteiger partial charge in [-0.3, -0.25) is 0 Å². The van der Waals surface area contributed by atoms with Crippen LogP contribution in [0, 0.1) is 5.92 Å². The summed E-state index contributed by atoms with van der Waals surface area (Å²) in [6.45, 7) is 9.74. The van der Waals surface area contributed by atoms with Crippen LogP contribution in [0.2, 0.25) is 0 Å². The van der Waals surface area contributed by atoms with Crippen molar-refractivity contribution in [2.75, 3.05) is 24.2 Å². The fourth-order valence-electron chi connectivity index (χ4n) is 1.84. The molecule has 0 radical (unpaired) electrons. The third-order valence-electron chi connectivity index (χ3n) is 3.03. The number of aromatic nitrogens is 2. The van der Waals surface area contributed by atoms with Crippen LogP contribution >= 0.6 is 0 Å². The molecule has 1 aromatic heterocycles. The number of hydrogen-bond donors (Lipinski definition) is 2. The van der Waals surface area contributed by atoms with Gasteiger partial charge >= 0.3 is 0 Å². The summed E-state index contributed by atoms with van der Waals surface area (Å²) in [5.74, 6) is 3.82. The Kier molecular flexibility index (Phi) is 6.60. The van der Waals surface area contributed by atoms with Gasteiger partial charge < -0.3 is 10.6 Å². The largest absolute Gasteiger partial charge is 0.373 e. The average molecular weight is 264 g/mol. The van der Waals surface area contributed by atoms with E-state index in [9.17, 15) is 0 Å². The summed E-state index contributed by atoms with van der Waals surface area (Å²) in [5, 5.41) is 6.49. The molecule has 2 N–H and O–H groups in total. The van der Waals surface area contributed by atoms with Gasteiger partial charge in [0, 0.05) is 25.6 Å². The van der Waals surface area contributed by atoms with Gasteiger partial charge in [-0.2, -0.15) is 0 Å². The van der Waals surface area contributed by atoms with Crippen LogP contribution in [0.5, 0.6) is 0 Å². The molecule has 0 aliphatic carbocycles. The molecule has 0 amide bonds. The first-order valence-corrected chi connectivity index (χ1v) is 7.33. The highest BCUT2D eigenvalue weighted by atomic mass is 15.1. The van der Waals surface area contributed by atoms with Crippen LogP contribution in [0.4, 0.5) is 11.6 Å². The van der Waals surface area contributed by atoms with Crippen molar-refractivity contribution in [2.45, 2.75) is 52.9 Å². The van der Waals surface area contributed by atoms with Crippen LogP contribution in [-0.2, 0) is 0 Å². The zero-order valence-corrected chi connectivity index (χ0v) is 13.0. The summed E-state index contributed by atoms with van der Waals surface area (Å²) in [5.41, 5.74) is 0. The Balaban J connectivity index is 2.50. The SMILES string of the molecule is CNc1cc(NCCCCC(C)C)nc(C(C)C)n1. The smallest absolute Gasteiger partial charge is 0.135 e. The lowest BCUT2D eigenvalue weighted by Crippen LogP contribution is -2.08. The number of rotatable bonds is 8. The summed E-state index contributed by atoms with van der Waals surface area (Å²) in [4.78, 5) is 9.01. The highest BCUT2D eigenvalue weighted by Crippen LogP contribution is 2.16. The van der Waals surface area contributed by atoms with Crippen molar-refractivity contribution in [1.82, 2.24) is 9.97 Å². The molecule has 0 unspecified atom stereocenters. The first-order valence-electron chi connectivity index (χ1n) is 7.33. The number of hydrogen-bond acceptors (Lipinski definition) is 4. The number of anilines is 2. The first kappa shape index (κ1) is 15.7. The fourth-order valence-corrected chi connectivity index (χ4v) is 1.84. The van der Waals surface area contributed by atoms with E-state index in [0.29, 0.717) is 5.92 Å². The van der Waals surface area contributed by atoms with Gasteiger partial charge in [0.05, 0.1) is 0 Å². The molecule has 108 valence electrons. The molecule has 4 heteroatoms. The number of unbranched alkanes of at least 4 members (excludes halogenated alkanes) is 1. The molecule has 0 bridgehead atoms. The van der Waals surface area contributed by atoms with Gasteiger partial charge in [-0.15, -0.1) is 0 Å². The van der Waals surface area contributed by atoms with Crippen molar-refractivity contribution < 1.29 is 0 Å². The van der Waals surface area contributed by atoms with E-state index in [1.807, 2.05) is 13.1 Å². The summed E-state index contributed by atoms with van der Waals surface area (Å²) in [6, 6.07) is 1.97. The second kappa shape index (κ2) is 7.97. The number of nitrogens with one attached hydrogen (secondary N) is 2. The Morgan fingerprint density at radius 2 is 1.74 bits per heavy atom. The minimum absolute atomic E-state index is 0.342. The molecule has 0 atom stereocenters. The van der Waals surface area contributed by atoms with E-state index in [2.05, 4.69) is 48.3 Å². The molecule has 1 heterocycles. The van der Waals surface area contributed by atoms with Crippen molar-refractivity contribution in [3.05, 3.63) is 11.9 Å². The van der Waals surface area contributed by atoms with Crippen LogP contribution in [-0.4, -0.2) is 23.6 Å². The molecule has 0 saturated carbocycles. The predicted octanol–water partition coefficient (Wildman–Crippen LogP) is 3.88. The lowest BCUT2D eigenvalue weighted by atomic mass is 10.1. The second-order valence-corrected chi connectivity index (χ2v) is 5.72. The molecule has 1 aromatic rings. The maximum Gasteiger partial charge on any atom is 0.135 e. The van der Waals surface area contributed by atoms with Gasteiger partial charge in [-0.1, -0.05) is 40.5 Å². The molecule has 19 heavy (non-hydrogen) atoms. The van der Waals surface area contributed by atoms with Gasteiger partial charge in [0.2, 0.25) is 0 Å². The van der Waals surface area contributed by atoms with Crippen LogP contribution in [0.15, 0.2) is 6.07 Å². The Morgan fingerprint density at radius 3 is 2.32 bits per heavy atom. The predicted molar refractivity (Wildman–Crippen MR) is 82.8 cm³/mol. The van der Waals surface area contributed by atoms with Gasteiger partial charge in [0.25, 0.3) is 0 Å². The van der Waals surface area contributed by atoms with Gasteiger partial charge in [0.1, 0.15) is 17.5 Å². The Bertz CT molecular complexity index is 374. The Labute approximate surface area is 117 Å². The van der Waals surface area contributed by atoms with E-state index < -0.39 is 0 Å². The molecule has 0 saturated heterocycles. The molecule has 1 rings (SSSR count). The monoisotopic (exact) mass is 264 g/mol. The third kappa shape index (κ3) is 5.90. The molecule has 0 aliphatic heterocycles. The quantitative estimate of drug-likeness (QED) is 0.700. The van der Waals surface area contributed by atoms with Crippen LogP contribution in [0.25, 0.3) is 0 Å². The standard InChI is InChI=1S/C15H28N4/c1-11(2)8-6-7-9-17-14-10-13(16-5)18-15(19-14)12(3)4/h10-12H,6-9H2,1-5H3,(H2,16,17,18,19). The van der Waals surface area contributed by atoms with Crippen LogP contribution in [0.1, 0.15) is 58.7 Å². The van der Waals surface area contributed by atoms with E-state index in [0.717, 1.165) is 29.9 Å². The van der Waals surface area contributed by atoms with Gasteiger partial charge in [0.15, 0.2) is 0 Å². The van der Waals surface area contributed by atoms with Crippen molar-refractivity contribution in [2.24, 2.45) is 5.92 Å². The second-order valence-electron chi connectivity index (χ2n) is 5.72. The molecule has 0 fully saturated rings. The van der Waals surface area contributed by atoms with E-state index in [-0.39, 0.29) is 0 Å². The molecular formula is C15H28N4. The zero-order chi connectivity index (χ0) is 14.3. The van der Waals surface area contributed by atoms with E-state index in [4.69, 9.17) is 0 Å². The molecule has 4 nitrogen and oxygen atoms in total.